The van der Waals surface area contributed by atoms with E-state index in [-0.39, 0.29) is 23.4 Å². The number of pyridine rings is 1. The number of anilines is 1. The number of piperidine rings is 1. The molecule has 154 valence electrons. The predicted molar refractivity (Wildman–Crippen MR) is 112 cm³/mol. The molecule has 1 amide bonds. The minimum atomic E-state index is 0.0788. The molecule has 2 N–H and O–H groups in total. The summed E-state index contributed by atoms with van der Waals surface area (Å²) in [6.45, 7) is 1.39. The van der Waals surface area contributed by atoms with Crippen LogP contribution in [0.1, 0.15) is 66.1 Å². The average molecular weight is 404 g/mol. The zero-order valence-electron chi connectivity index (χ0n) is 16.8. The number of ketones is 1. The van der Waals surface area contributed by atoms with Crippen molar-refractivity contribution in [2.75, 3.05) is 18.8 Å². The lowest BCUT2D eigenvalue weighted by molar-refractivity contribution is -0.132. The van der Waals surface area contributed by atoms with E-state index in [0.29, 0.717) is 50.0 Å². The Balaban J connectivity index is 1.25. The molecular weight excluding hydrogens is 380 g/mol. The molecule has 8 nitrogen and oxygen atoms in total. The summed E-state index contributed by atoms with van der Waals surface area (Å²) in [6, 6.07) is 7.48. The second-order valence-corrected chi connectivity index (χ2v) is 7.83. The van der Waals surface area contributed by atoms with Gasteiger partial charge in [0, 0.05) is 37.6 Å². The van der Waals surface area contributed by atoms with Gasteiger partial charge in [-0.1, -0.05) is 0 Å². The number of fused-ring (bicyclic) bond motifs is 1. The number of nitriles is 1. The van der Waals surface area contributed by atoms with Gasteiger partial charge in [0.25, 0.3) is 0 Å². The summed E-state index contributed by atoms with van der Waals surface area (Å²) in [4.78, 5) is 30.7. The van der Waals surface area contributed by atoms with Crippen LogP contribution < -0.4 is 5.73 Å². The molecule has 0 radical (unpaired) electrons. The van der Waals surface area contributed by atoms with Gasteiger partial charge in [-0.25, -0.2) is 9.66 Å². The van der Waals surface area contributed by atoms with E-state index in [1.165, 1.54) is 0 Å². The Morgan fingerprint density at radius 1 is 1.33 bits per heavy atom. The summed E-state index contributed by atoms with van der Waals surface area (Å²) < 4.78 is 1.62. The number of nitrogen functional groups attached to an aromatic ring is 1. The number of Topliss-reactive ketones (excluding diaryl/α,β-unsaturated/α-hetero) is 1. The molecule has 30 heavy (non-hydrogen) atoms. The highest BCUT2D eigenvalue weighted by molar-refractivity contribution is 6.10. The van der Waals surface area contributed by atoms with Crippen LogP contribution in [0.4, 0.5) is 5.82 Å². The van der Waals surface area contributed by atoms with Gasteiger partial charge in [-0.3, -0.25) is 9.59 Å². The fraction of sp³-hybridized carbons (Fsp3) is 0.409. The lowest BCUT2D eigenvalue weighted by Gasteiger charge is -2.32. The molecule has 0 bridgehead atoms. The largest absolute Gasteiger partial charge is 0.383 e. The van der Waals surface area contributed by atoms with Crippen molar-refractivity contribution in [3.8, 4) is 6.07 Å². The molecule has 2 aliphatic heterocycles. The molecule has 2 aromatic rings. The smallest absolute Gasteiger partial charge is 0.222 e. The average Bonchev–Trinajstić information content (AvgIpc) is 3.23. The monoisotopic (exact) mass is 404 g/mol. The highest BCUT2D eigenvalue weighted by Gasteiger charge is 2.25. The third-order valence-corrected chi connectivity index (χ3v) is 5.86. The summed E-state index contributed by atoms with van der Waals surface area (Å²) in [5.41, 5.74) is 8.57. The number of carbonyl (C=O) groups excluding carboxylic acids is 2. The third kappa shape index (κ3) is 4.10. The highest BCUT2D eigenvalue weighted by Crippen LogP contribution is 2.29. The van der Waals surface area contributed by atoms with E-state index in [1.807, 2.05) is 17.0 Å². The Hall–Kier alpha value is -3.47. The quantitative estimate of drug-likeness (QED) is 0.822. The lowest BCUT2D eigenvalue weighted by Crippen LogP contribution is -2.37. The maximum absolute atomic E-state index is 12.6. The number of nitrogens with two attached hydrogens (primary N) is 1. The van der Waals surface area contributed by atoms with E-state index in [9.17, 15) is 9.59 Å². The Morgan fingerprint density at radius 2 is 2.13 bits per heavy atom. The van der Waals surface area contributed by atoms with Crippen LogP contribution in [0.3, 0.4) is 0 Å². The van der Waals surface area contributed by atoms with Crippen molar-refractivity contribution in [2.45, 2.75) is 44.4 Å². The van der Waals surface area contributed by atoms with Crippen molar-refractivity contribution >= 4 is 23.2 Å². The van der Waals surface area contributed by atoms with Gasteiger partial charge in [0.1, 0.15) is 17.6 Å². The first kappa shape index (κ1) is 19.8. The number of aromatic nitrogens is 2. The maximum Gasteiger partial charge on any atom is 0.222 e. The van der Waals surface area contributed by atoms with Crippen molar-refractivity contribution in [1.82, 2.24) is 14.6 Å². The van der Waals surface area contributed by atoms with Gasteiger partial charge >= 0.3 is 0 Å². The van der Waals surface area contributed by atoms with Crippen LogP contribution in [-0.2, 0) is 4.79 Å². The number of amides is 1. The van der Waals surface area contributed by atoms with Gasteiger partial charge in [-0.15, -0.1) is 0 Å². The van der Waals surface area contributed by atoms with Crippen LogP contribution in [0.15, 0.2) is 35.7 Å². The van der Waals surface area contributed by atoms with E-state index in [2.05, 4.69) is 16.2 Å². The molecular formula is C22H24N6O2. The first-order valence-corrected chi connectivity index (χ1v) is 10.3. The molecule has 0 spiro atoms. The minimum absolute atomic E-state index is 0.0788. The summed E-state index contributed by atoms with van der Waals surface area (Å²) in [7, 11) is 0. The summed E-state index contributed by atoms with van der Waals surface area (Å²) >= 11 is 0. The second kappa shape index (κ2) is 8.49. The lowest BCUT2D eigenvalue weighted by atomic mass is 9.89. The molecule has 0 aliphatic carbocycles. The van der Waals surface area contributed by atoms with Gasteiger partial charge < -0.3 is 10.6 Å². The number of likely N-dealkylation sites (tertiary alicyclic amines) is 1. The van der Waals surface area contributed by atoms with Crippen LogP contribution in [0.5, 0.6) is 0 Å². The van der Waals surface area contributed by atoms with E-state index < -0.39 is 0 Å². The van der Waals surface area contributed by atoms with Crippen molar-refractivity contribution in [3.63, 3.8) is 0 Å². The molecule has 1 fully saturated rings. The zero-order chi connectivity index (χ0) is 21.1. The molecule has 2 aromatic heterocycles. The zero-order valence-corrected chi connectivity index (χ0v) is 16.8. The Morgan fingerprint density at radius 3 is 2.90 bits per heavy atom. The van der Waals surface area contributed by atoms with Crippen LogP contribution in [-0.4, -0.2) is 45.1 Å². The van der Waals surface area contributed by atoms with Gasteiger partial charge in [0.15, 0.2) is 5.78 Å². The van der Waals surface area contributed by atoms with Gasteiger partial charge in [-0.2, -0.15) is 10.4 Å². The maximum atomic E-state index is 12.6. The van der Waals surface area contributed by atoms with Crippen LogP contribution in [0.25, 0.3) is 0 Å². The topological polar surface area (TPSA) is 117 Å². The number of rotatable bonds is 5. The standard InChI is InChI=1S/C22H24N6O2/c23-13-16-11-17(14-25-22(16)24)15-6-9-27(10-7-15)21(30)5-1-3-18-12-20(29)19-4-2-8-28(19)26-18/h2,4,8,11,14-15H,1,3,5-7,9-10,12H2,(H2,24,25). The van der Waals surface area contributed by atoms with Gasteiger partial charge in [-0.05, 0) is 55.4 Å². The van der Waals surface area contributed by atoms with E-state index in [4.69, 9.17) is 11.0 Å². The minimum Gasteiger partial charge on any atom is -0.383 e. The fourth-order valence-corrected chi connectivity index (χ4v) is 4.15. The normalized spacial score (nSPS) is 16.7. The Kier molecular flexibility index (Phi) is 5.61. The van der Waals surface area contributed by atoms with Crippen molar-refractivity contribution < 1.29 is 9.59 Å². The molecule has 4 heterocycles. The van der Waals surface area contributed by atoms with Crippen LogP contribution in [0, 0.1) is 11.3 Å². The number of hydrogen-bond acceptors (Lipinski definition) is 6. The molecule has 0 aromatic carbocycles. The first-order chi connectivity index (χ1) is 14.5. The first-order valence-electron chi connectivity index (χ1n) is 10.3. The molecule has 8 heteroatoms. The second-order valence-electron chi connectivity index (χ2n) is 7.83. The third-order valence-electron chi connectivity index (χ3n) is 5.86. The summed E-state index contributed by atoms with van der Waals surface area (Å²) in [5, 5.41) is 13.6. The van der Waals surface area contributed by atoms with Gasteiger partial charge in [0.05, 0.1) is 12.0 Å². The Labute approximate surface area is 175 Å². The van der Waals surface area contributed by atoms with Crippen molar-refractivity contribution in [3.05, 3.63) is 47.4 Å². The number of hydrogen-bond donors (Lipinski definition) is 1. The van der Waals surface area contributed by atoms with Crippen molar-refractivity contribution in [1.29, 1.82) is 5.26 Å². The molecule has 0 atom stereocenters. The van der Waals surface area contributed by atoms with Crippen LogP contribution >= 0.6 is 0 Å². The summed E-state index contributed by atoms with van der Waals surface area (Å²) in [5.74, 6) is 0.764. The predicted octanol–water partition coefficient (Wildman–Crippen LogP) is 2.70. The molecule has 0 saturated carbocycles. The fourth-order valence-electron chi connectivity index (χ4n) is 4.15. The Bertz CT molecular complexity index is 1040. The van der Waals surface area contributed by atoms with E-state index in [1.54, 1.807) is 23.1 Å². The molecule has 2 aliphatic rings. The van der Waals surface area contributed by atoms with Crippen LogP contribution in [0.2, 0.25) is 0 Å². The SMILES string of the molecule is N#Cc1cc(C2CCN(C(=O)CCCC3=Nn4cccc4C(=O)C3)CC2)cnc1N. The molecule has 4 rings (SSSR count). The number of nitrogens with zero attached hydrogens (tertiary/aromatic N) is 5. The van der Waals surface area contributed by atoms with E-state index in [0.717, 1.165) is 24.1 Å². The molecule has 0 unspecified atom stereocenters. The number of carbonyl (C=O) groups is 2. The van der Waals surface area contributed by atoms with Crippen molar-refractivity contribution in [2.24, 2.45) is 5.10 Å². The highest BCUT2D eigenvalue weighted by atomic mass is 16.2. The van der Waals surface area contributed by atoms with Gasteiger partial charge in [0.2, 0.25) is 5.91 Å². The molecule has 1 saturated heterocycles. The summed E-state index contributed by atoms with van der Waals surface area (Å²) in [6.07, 6.45) is 7.34. The van der Waals surface area contributed by atoms with E-state index >= 15 is 0 Å².